The van der Waals surface area contributed by atoms with Gasteiger partial charge in [0.05, 0.1) is 11.2 Å². The zero-order valence-corrected chi connectivity index (χ0v) is 22.4. The van der Waals surface area contributed by atoms with Crippen molar-refractivity contribution in [2.75, 3.05) is 23.4 Å². The molecule has 37 heavy (non-hydrogen) atoms. The molecular formula is C29H33ClFN5O. The lowest BCUT2D eigenvalue weighted by Gasteiger charge is -2.44. The summed E-state index contributed by atoms with van der Waals surface area (Å²) in [5, 5.41) is 10.2. The maximum absolute atomic E-state index is 13.9. The van der Waals surface area contributed by atoms with Crippen LogP contribution in [0.3, 0.4) is 0 Å². The van der Waals surface area contributed by atoms with E-state index in [1.165, 1.54) is 23.8 Å². The molecule has 2 aromatic heterocycles. The summed E-state index contributed by atoms with van der Waals surface area (Å²) >= 11 is 6.23. The molecule has 2 fully saturated rings. The zero-order valence-electron chi connectivity index (χ0n) is 21.7. The molecule has 1 aromatic carbocycles. The Morgan fingerprint density at radius 1 is 1.14 bits per heavy atom. The summed E-state index contributed by atoms with van der Waals surface area (Å²) in [5.74, 6) is 0.504. The standard InChI is InChI=1S/C29H33ClFN5O/c1-18-15-20(31)7-12-24(18)36(17-19-5-4-6-19)22-10-8-21(9-11-22)34(2)28-23(16-32)29(37)35(3)25-13-14-26(30)33-27(25)28/h7,12-15,19,21-22H,4-6,8-11,17H2,1-3H3. The first-order chi connectivity index (χ1) is 17.8. The largest absolute Gasteiger partial charge is 0.369 e. The Hall–Kier alpha value is -3.11. The van der Waals surface area contributed by atoms with E-state index >= 15 is 0 Å². The van der Waals surface area contributed by atoms with Crippen molar-refractivity contribution >= 4 is 34.0 Å². The summed E-state index contributed by atoms with van der Waals surface area (Å²) in [4.78, 5) is 22.1. The number of nitrogens with zero attached hydrogens (tertiary/aromatic N) is 5. The number of rotatable bonds is 6. The predicted molar refractivity (Wildman–Crippen MR) is 147 cm³/mol. The van der Waals surface area contributed by atoms with Gasteiger partial charge in [-0.25, -0.2) is 9.37 Å². The fourth-order valence-electron chi connectivity index (χ4n) is 6.09. The van der Waals surface area contributed by atoms with Crippen molar-refractivity contribution in [3.63, 3.8) is 0 Å². The van der Waals surface area contributed by atoms with E-state index in [0.29, 0.717) is 33.8 Å². The van der Waals surface area contributed by atoms with Crippen LogP contribution in [0.5, 0.6) is 0 Å². The molecule has 0 radical (unpaired) electrons. The summed E-state index contributed by atoms with van der Waals surface area (Å²) in [6.07, 6.45) is 7.63. The number of fused-ring (bicyclic) bond motifs is 1. The molecule has 2 saturated carbocycles. The van der Waals surface area contributed by atoms with Gasteiger partial charge >= 0.3 is 0 Å². The highest BCUT2D eigenvalue weighted by molar-refractivity contribution is 6.29. The lowest BCUT2D eigenvalue weighted by atomic mass is 9.83. The van der Waals surface area contributed by atoms with Gasteiger partial charge in [0.25, 0.3) is 5.56 Å². The van der Waals surface area contributed by atoms with Crippen LogP contribution in [0.2, 0.25) is 5.15 Å². The second kappa shape index (κ2) is 10.3. The minimum Gasteiger partial charge on any atom is -0.369 e. The lowest BCUT2D eigenvalue weighted by Crippen LogP contribution is -2.46. The van der Waals surface area contributed by atoms with Gasteiger partial charge in [-0.2, -0.15) is 5.26 Å². The molecule has 0 atom stereocenters. The molecule has 2 heterocycles. The minimum absolute atomic E-state index is 0.0999. The molecule has 0 spiro atoms. The smallest absolute Gasteiger partial charge is 0.270 e. The molecule has 3 aromatic rings. The van der Waals surface area contributed by atoms with E-state index in [4.69, 9.17) is 11.6 Å². The second-order valence-electron chi connectivity index (χ2n) is 10.7. The van der Waals surface area contributed by atoms with Crippen LogP contribution in [0.1, 0.15) is 56.1 Å². The number of halogens is 2. The molecule has 6 nitrogen and oxygen atoms in total. The summed E-state index contributed by atoms with van der Waals surface area (Å²) in [5.41, 5.74) is 3.68. The Balaban J connectivity index is 1.42. The van der Waals surface area contributed by atoms with Crippen molar-refractivity contribution in [2.45, 2.75) is 64.0 Å². The molecule has 0 amide bonds. The zero-order chi connectivity index (χ0) is 26.3. The number of hydrogen-bond acceptors (Lipinski definition) is 5. The molecule has 5 rings (SSSR count). The molecule has 0 unspecified atom stereocenters. The van der Waals surface area contributed by atoms with Crippen LogP contribution in [0, 0.1) is 30.0 Å². The van der Waals surface area contributed by atoms with Crippen LogP contribution in [-0.2, 0) is 7.05 Å². The molecule has 2 aliphatic rings. The van der Waals surface area contributed by atoms with Gasteiger partial charge in [0.15, 0.2) is 0 Å². The van der Waals surface area contributed by atoms with E-state index < -0.39 is 0 Å². The topological polar surface area (TPSA) is 65.2 Å². The quantitative estimate of drug-likeness (QED) is 0.374. The first kappa shape index (κ1) is 25.5. The first-order valence-electron chi connectivity index (χ1n) is 13.1. The summed E-state index contributed by atoms with van der Waals surface area (Å²) in [6, 6.07) is 11.2. The van der Waals surface area contributed by atoms with Crippen LogP contribution in [-0.4, -0.2) is 35.2 Å². The lowest BCUT2D eigenvalue weighted by molar-refractivity contribution is 0.290. The van der Waals surface area contributed by atoms with Crippen LogP contribution < -0.4 is 15.4 Å². The molecule has 8 heteroatoms. The number of aromatic nitrogens is 2. The highest BCUT2D eigenvalue weighted by Crippen LogP contribution is 2.37. The maximum Gasteiger partial charge on any atom is 0.270 e. The Bertz CT molecular complexity index is 1420. The summed E-state index contributed by atoms with van der Waals surface area (Å²) in [6.45, 7) is 3.01. The fraction of sp³-hybridized carbons (Fsp3) is 0.483. The van der Waals surface area contributed by atoms with E-state index in [1.807, 2.05) is 20.0 Å². The fourth-order valence-corrected chi connectivity index (χ4v) is 6.24. The highest BCUT2D eigenvalue weighted by Gasteiger charge is 2.33. The van der Waals surface area contributed by atoms with Gasteiger partial charge in [0, 0.05) is 38.4 Å². The molecule has 0 bridgehead atoms. The molecule has 0 aliphatic heterocycles. The van der Waals surface area contributed by atoms with Crippen molar-refractivity contribution < 1.29 is 4.39 Å². The van der Waals surface area contributed by atoms with E-state index in [-0.39, 0.29) is 23.0 Å². The predicted octanol–water partition coefficient (Wildman–Crippen LogP) is 5.96. The normalized spacial score (nSPS) is 19.9. The Morgan fingerprint density at radius 3 is 2.46 bits per heavy atom. The van der Waals surface area contributed by atoms with Gasteiger partial charge in [-0.15, -0.1) is 0 Å². The van der Waals surface area contributed by atoms with Gasteiger partial charge in [-0.3, -0.25) is 4.79 Å². The summed E-state index contributed by atoms with van der Waals surface area (Å²) in [7, 11) is 3.61. The van der Waals surface area contributed by atoms with Crippen molar-refractivity contribution in [1.82, 2.24) is 9.55 Å². The monoisotopic (exact) mass is 521 g/mol. The molecule has 0 N–H and O–H groups in total. The number of pyridine rings is 2. The number of aryl methyl sites for hydroxylation is 2. The molecular weight excluding hydrogens is 489 g/mol. The first-order valence-corrected chi connectivity index (χ1v) is 13.5. The molecule has 0 saturated heterocycles. The third kappa shape index (κ3) is 4.80. The van der Waals surface area contributed by atoms with E-state index in [2.05, 4.69) is 20.9 Å². The van der Waals surface area contributed by atoms with Crippen LogP contribution in [0.25, 0.3) is 11.0 Å². The number of anilines is 2. The van der Waals surface area contributed by atoms with Crippen molar-refractivity contribution in [3.8, 4) is 6.07 Å². The Morgan fingerprint density at radius 2 is 1.84 bits per heavy atom. The van der Waals surface area contributed by atoms with Crippen LogP contribution in [0.15, 0.2) is 35.1 Å². The van der Waals surface area contributed by atoms with Crippen molar-refractivity contribution in [3.05, 3.63) is 62.8 Å². The number of benzene rings is 1. The van der Waals surface area contributed by atoms with E-state index in [0.717, 1.165) is 43.5 Å². The van der Waals surface area contributed by atoms with Crippen LogP contribution in [0.4, 0.5) is 15.8 Å². The number of hydrogen-bond donors (Lipinski definition) is 0. The number of nitriles is 1. The maximum atomic E-state index is 13.9. The minimum atomic E-state index is -0.326. The SMILES string of the molecule is Cc1cc(F)ccc1N(CC1CCC1)C1CCC(N(C)c2c(C#N)c(=O)n(C)c3ccc(Cl)nc23)CC1. The van der Waals surface area contributed by atoms with E-state index in [1.54, 1.807) is 31.3 Å². The van der Waals surface area contributed by atoms with Crippen molar-refractivity contribution in [2.24, 2.45) is 13.0 Å². The van der Waals surface area contributed by atoms with Crippen LogP contribution >= 0.6 is 11.6 Å². The van der Waals surface area contributed by atoms with Gasteiger partial charge in [-0.05, 0) is 87.3 Å². The molecule has 194 valence electrons. The Labute approximate surface area is 222 Å². The van der Waals surface area contributed by atoms with Gasteiger partial charge < -0.3 is 14.4 Å². The average Bonchev–Trinajstić information content (AvgIpc) is 2.86. The van der Waals surface area contributed by atoms with Gasteiger partial charge in [0.2, 0.25) is 0 Å². The van der Waals surface area contributed by atoms with Gasteiger partial charge in [0.1, 0.15) is 28.1 Å². The third-order valence-electron chi connectivity index (χ3n) is 8.45. The second-order valence-corrected chi connectivity index (χ2v) is 11.0. The molecule has 2 aliphatic carbocycles. The average molecular weight is 522 g/mol. The highest BCUT2D eigenvalue weighted by atomic mass is 35.5. The Kier molecular flexibility index (Phi) is 7.13. The third-order valence-corrected chi connectivity index (χ3v) is 8.66. The summed E-state index contributed by atoms with van der Waals surface area (Å²) < 4.78 is 15.3. The van der Waals surface area contributed by atoms with Gasteiger partial charge in [-0.1, -0.05) is 18.0 Å². The van der Waals surface area contributed by atoms with E-state index in [9.17, 15) is 14.4 Å². The van der Waals surface area contributed by atoms with Crippen molar-refractivity contribution in [1.29, 1.82) is 5.26 Å².